The van der Waals surface area contributed by atoms with E-state index in [1.54, 1.807) is 0 Å². The highest BCUT2D eigenvalue weighted by molar-refractivity contribution is 5.93. The van der Waals surface area contributed by atoms with Crippen LogP contribution in [-0.4, -0.2) is 4.98 Å². The van der Waals surface area contributed by atoms with Crippen molar-refractivity contribution < 1.29 is 0 Å². The molecule has 1 heterocycles. The van der Waals surface area contributed by atoms with E-state index in [4.69, 9.17) is 0 Å². The predicted molar refractivity (Wildman–Crippen MR) is 93.5 cm³/mol. The van der Waals surface area contributed by atoms with Crippen LogP contribution in [0.1, 0.15) is 51.3 Å². The van der Waals surface area contributed by atoms with Crippen molar-refractivity contribution in [3.63, 3.8) is 0 Å². The summed E-state index contributed by atoms with van der Waals surface area (Å²) in [6, 6.07) is 8.73. The summed E-state index contributed by atoms with van der Waals surface area (Å²) in [4.78, 5) is 4.60. The van der Waals surface area contributed by atoms with Gasteiger partial charge in [-0.05, 0) is 40.3 Å². The van der Waals surface area contributed by atoms with Crippen molar-refractivity contribution >= 4 is 16.3 Å². The van der Waals surface area contributed by atoms with E-state index < -0.39 is 0 Å². The van der Waals surface area contributed by atoms with E-state index in [-0.39, 0.29) is 5.41 Å². The van der Waals surface area contributed by atoms with Crippen molar-refractivity contribution in [1.82, 2.24) is 4.98 Å². The molecule has 2 aromatic rings. The zero-order chi connectivity index (χ0) is 15.6. The van der Waals surface area contributed by atoms with Gasteiger partial charge in [-0.1, -0.05) is 58.5 Å². The molecule has 0 atom stereocenters. The van der Waals surface area contributed by atoms with Crippen LogP contribution in [-0.2, 0) is 0 Å². The van der Waals surface area contributed by atoms with Crippen LogP contribution in [0.25, 0.3) is 16.3 Å². The Bertz CT molecular complexity index is 677. The molecular weight excluding hydrogens is 254 g/mol. The quantitative estimate of drug-likeness (QED) is 0.614. The normalized spacial score (nSPS) is 11.9. The molecule has 21 heavy (non-hydrogen) atoms. The molecule has 0 amide bonds. The van der Waals surface area contributed by atoms with E-state index in [1.807, 2.05) is 12.3 Å². The van der Waals surface area contributed by atoms with E-state index in [0.717, 1.165) is 17.7 Å². The number of benzene rings is 1. The molecule has 0 unspecified atom stereocenters. The Kier molecular flexibility index (Phi) is 4.32. The first-order valence-corrected chi connectivity index (χ1v) is 7.56. The number of hydrogen-bond acceptors (Lipinski definition) is 1. The zero-order valence-corrected chi connectivity index (χ0v) is 13.6. The van der Waals surface area contributed by atoms with Gasteiger partial charge >= 0.3 is 0 Å². The molecule has 0 bridgehead atoms. The van der Waals surface area contributed by atoms with Crippen LogP contribution < -0.4 is 0 Å². The summed E-state index contributed by atoms with van der Waals surface area (Å²) in [5.41, 5.74) is 3.41. The van der Waals surface area contributed by atoms with Crippen molar-refractivity contribution in [3.8, 4) is 0 Å². The van der Waals surface area contributed by atoms with Gasteiger partial charge in [0.05, 0.1) is 5.69 Å². The SMILES string of the molecule is C=CCC(C)(C)C(=C)c1nccc2cc(C(C)C)ccc12. The van der Waals surface area contributed by atoms with Crippen LogP contribution in [0, 0.1) is 5.41 Å². The number of fused-ring (bicyclic) bond motifs is 1. The minimum atomic E-state index is -0.0280. The molecule has 1 aromatic heterocycles. The number of allylic oxidation sites excluding steroid dienone is 2. The van der Waals surface area contributed by atoms with E-state index >= 15 is 0 Å². The molecule has 0 aliphatic heterocycles. The Morgan fingerprint density at radius 1 is 1.29 bits per heavy atom. The van der Waals surface area contributed by atoms with E-state index in [0.29, 0.717) is 5.92 Å². The highest BCUT2D eigenvalue weighted by Gasteiger charge is 2.23. The lowest BCUT2D eigenvalue weighted by Gasteiger charge is -2.26. The van der Waals surface area contributed by atoms with E-state index in [2.05, 4.69) is 70.1 Å². The third-order valence-corrected chi connectivity index (χ3v) is 4.21. The van der Waals surface area contributed by atoms with Gasteiger partial charge < -0.3 is 0 Å². The number of rotatable bonds is 5. The number of aromatic nitrogens is 1. The lowest BCUT2D eigenvalue weighted by molar-refractivity contribution is 0.510. The Labute approximate surface area is 128 Å². The third kappa shape index (κ3) is 3.07. The Hall–Kier alpha value is -1.89. The smallest absolute Gasteiger partial charge is 0.0739 e. The van der Waals surface area contributed by atoms with Crippen LogP contribution in [0.3, 0.4) is 0 Å². The summed E-state index contributed by atoms with van der Waals surface area (Å²) in [5.74, 6) is 0.534. The predicted octanol–water partition coefficient (Wildman–Crippen LogP) is 5.97. The van der Waals surface area contributed by atoms with Crippen molar-refractivity contribution in [2.45, 2.75) is 40.0 Å². The summed E-state index contributed by atoms with van der Waals surface area (Å²) >= 11 is 0. The summed E-state index contributed by atoms with van der Waals surface area (Å²) in [6.07, 6.45) is 4.73. The minimum Gasteiger partial charge on any atom is -0.256 e. The van der Waals surface area contributed by atoms with Gasteiger partial charge in [-0.3, -0.25) is 4.98 Å². The fourth-order valence-corrected chi connectivity index (χ4v) is 2.60. The molecule has 0 spiro atoms. The Morgan fingerprint density at radius 2 is 2.00 bits per heavy atom. The number of pyridine rings is 1. The lowest BCUT2D eigenvalue weighted by Crippen LogP contribution is -2.13. The van der Waals surface area contributed by atoms with Gasteiger partial charge in [-0.2, -0.15) is 0 Å². The standard InChI is InChI=1S/C20H25N/c1-7-11-20(5,6)15(4)19-18-9-8-16(14(2)3)13-17(18)10-12-21-19/h7-10,12-14H,1,4,11H2,2-3,5-6H3. The Balaban J connectivity index is 2.55. The molecule has 0 N–H and O–H groups in total. The van der Waals surface area contributed by atoms with Gasteiger partial charge in [0.25, 0.3) is 0 Å². The van der Waals surface area contributed by atoms with Gasteiger partial charge in [-0.25, -0.2) is 0 Å². The first-order valence-electron chi connectivity index (χ1n) is 7.56. The highest BCUT2D eigenvalue weighted by Crippen LogP contribution is 2.38. The zero-order valence-electron chi connectivity index (χ0n) is 13.6. The largest absolute Gasteiger partial charge is 0.256 e. The number of hydrogen-bond donors (Lipinski definition) is 0. The fourth-order valence-electron chi connectivity index (χ4n) is 2.60. The van der Waals surface area contributed by atoms with Gasteiger partial charge in [0, 0.05) is 11.6 Å². The Morgan fingerprint density at radius 3 is 2.62 bits per heavy atom. The molecule has 0 saturated heterocycles. The van der Waals surface area contributed by atoms with Crippen LogP contribution in [0.15, 0.2) is 49.7 Å². The second-order valence-electron chi connectivity index (χ2n) is 6.65. The van der Waals surface area contributed by atoms with E-state index in [9.17, 15) is 0 Å². The second-order valence-corrected chi connectivity index (χ2v) is 6.65. The average Bonchev–Trinajstić information content (AvgIpc) is 2.45. The van der Waals surface area contributed by atoms with Crippen LogP contribution in [0.5, 0.6) is 0 Å². The topological polar surface area (TPSA) is 12.9 Å². The maximum Gasteiger partial charge on any atom is 0.0739 e. The van der Waals surface area contributed by atoms with Crippen LogP contribution >= 0.6 is 0 Å². The third-order valence-electron chi connectivity index (χ3n) is 4.21. The first kappa shape index (κ1) is 15.5. The maximum absolute atomic E-state index is 4.60. The molecule has 2 rings (SSSR count). The van der Waals surface area contributed by atoms with Gasteiger partial charge in [0.15, 0.2) is 0 Å². The molecule has 0 saturated carbocycles. The van der Waals surface area contributed by atoms with Crippen molar-refractivity contribution in [2.24, 2.45) is 5.41 Å². The molecular formula is C20H25N. The van der Waals surface area contributed by atoms with Crippen LogP contribution in [0.2, 0.25) is 0 Å². The summed E-state index contributed by atoms with van der Waals surface area (Å²) < 4.78 is 0. The highest BCUT2D eigenvalue weighted by atomic mass is 14.7. The summed E-state index contributed by atoms with van der Waals surface area (Å²) in [7, 11) is 0. The molecule has 110 valence electrons. The molecule has 0 aliphatic carbocycles. The van der Waals surface area contributed by atoms with Crippen LogP contribution in [0.4, 0.5) is 0 Å². The van der Waals surface area contributed by atoms with Crippen molar-refractivity contribution in [2.75, 3.05) is 0 Å². The van der Waals surface area contributed by atoms with Gasteiger partial charge in [-0.15, -0.1) is 6.58 Å². The molecule has 1 aromatic carbocycles. The fraction of sp³-hybridized carbons (Fsp3) is 0.350. The first-order chi connectivity index (χ1) is 9.86. The van der Waals surface area contributed by atoms with Gasteiger partial charge in [0.1, 0.15) is 0 Å². The number of nitrogens with zero attached hydrogens (tertiary/aromatic N) is 1. The summed E-state index contributed by atoms with van der Waals surface area (Å²) in [6.45, 7) is 17.0. The second kappa shape index (κ2) is 5.85. The van der Waals surface area contributed by atoms with E-state index in [1.165, 1.54) is 16.3 Å². The summed E-state index contributed by atoms with van der Waals surface area (Å²) in [5, 5.41) is 2.42. The van der Waals surface area contributed by atoms with Crippen molar-refractivity contribution in [1.29, 1.82) is 0 Å². The molecule has 0 aliphatic rings. The molecule has 1 nitrogen and oxygen atoms in total. The lowest BCUT2D eigenvalue weighted by atomic mass is 9.79. The van der Waals surface area contributed by atoms with Gasteiger partial charge in [0.2, 0.25) is 0 Å². The molecule has 0 fully saturated rings. The molecule has 0 radical (unpaired) electrons. The average molecular weight is 279 g/mol. The maximum atomic E-state index is 4.60. The monoisotopic (exact) mass is 279 g/mol. The van der Waals surface area contributed by atoms with Crippen molar-refractivity contribution in [3.05, 3.63) is 61.0 Å². The molecule has 1 heteroatoms. The minimum absolute atomic E-state index is 0.0280.